The second kappa shape index (κ2) is 13.8. The van der Waals surface area contributed by atoms with Crippen molar-refractivity contribution >= 4 is 53.1 Å². The molecule has 2 N–H and O–H groups in total. The minimum absolute atomic E-state index is 0. The minimum atomic E-state index is -0.323. The summed E-state index contributed by atoms with van der Waals surface area (Å²) in [5, 5.41) is 7.45. The van der Waals surface area contributed by atoms with Crippen molar-refractivity contribution in [2.75, 3.05) is 52.4 Å². The van der Waals surface area contributed by atoms with Gasteiger partial charge in [-0.15, -0.1) is 35.3 Å². The van der Waals surface area contributed by atoms with Gasteiger partial charge < -0.3 is 20.3 Å². The number of halogens is 1. The number of piperazine rings is 1. The van der Waals surface area contributed by atoms with Gasteiger partial charge in [0.15, 0.2) is 5.96 Å². The van der Waals surface area contributed by atoms with Gasteiger partial charge in [0.25, 0.3) is 0 Å². The molecular formula is C20H35IN6O3S. The molecule has 1 aliphatic heterocycles. The average Bonchev–Trinajstić information content (AvgIpc) is 3.10. The molecule has 11 heteroatoms. The predicted octanol–water partition coefficient (Wildman–Crippen LogP) is 2.03. The fraction of sp³-hybridized carbons (Fsp3) is 0.700. The Bertz CT molecular complexity index is 749. The summed E-state index contributed by atoms with van der Waals surface area (Å²) in [4.78, 5) is 37.4. The first-order valence-corrected chi connectivity index (χ1v) is 11.3. The highest BCUT2D eigenvalue weighted by Crippen LogP contribution is 2.24. The summed E-state index contributed by atoms with van der Waals surface area (Å²) in [6, 6.07) is -0.0891. The smallest absolute Gasteiger partial charge is 0.350 e. The maximum atomic E-state index is 12.0. The van der Waals surface area contributed by atoms with Crippen molar-refractivity contribution in [1.29, 1.82) is 0 Å². The number of hydrogen-bond acceptors (Lipinski definition) is 7. The fourth-order valence-corrected chi connectivity index (χ4v) is 4.13. The maximum absolute atomic E-state index is 12.0. The number of aliphatic imine (C=N–C) groups is 1. The number of carbonyl (C=O) groups excluding carboxylic acids is 2. The fourth-order valence-electron chi connectivity index (χ4n) is 3.16. The molecule has 31 heavy (non-hydrogen) atoms. The average molecular weight is 567 g/mol. The van der Waals surface area contributed by atoms with Gasteiger partial charge in [-0.25, -0.2) is 9.78 Å². The lowest BCUT2D eigenvalue weighted by molar-refractivity contribution is -0.130. The monoisotopic (exact) mass is 566 g/mol. The van der Waals surface area contributed by atoms with Crippen LogP contribution in [-0.4, -0.2) is 85.0 Å². The lowest BCUT2D eigenvalue weighted by atomic mass is 10.3. The zero-order valence-electron chi connectivity index (χ0n) is 19.1. The Kier molecular flexibility index (Phi) is 12.3. The first-order valence-electron chi connectivity index (χ1n) is 10.5. The number of ether oxygens (including phenoxy) is 1. The lowest BCUT2D eigenvalue weighted by Gasteiger charge is -2.33. The second-order valence-electron chi connectivity index (χ2n) is 7.16. The topological polar surface area (TPSA) is 99.2 Å². The molecule has 0 aromatic carbocycles. The molecule has 1 fully saturated rings. The van der Waals surface area contributed by atoms with Crippen molar-refractivity contribution in [3.05, 3.63) is 15.6 Å². The molecule has 1 unspecified atom stereocenters. The van der Waals surface area contributed by atoms with Gasteiger partial charge in [-0.3, -0.25) is 14.7 Å². The quantitative estimate of drug-likeness (QED) is 0.215. The zero-order valence-corrected chi connectivity index (χ0v) is 22.2. The van der Waals surface area contributed by atoms with Crippen molar-refractivity contribution in [1.82, 2.24) is 25.4 Å². The molecule has 1 aromatic heterocycles. The molecular weight excluding hydrogens is 531 g/mol. The standard InChI is InChI=1S/C20H34N6O3S.HI/c1-6-21-20(22-8-9-25-10-12-26(13-11-25)16(5)27)24-15(4)18-23-14(3)17(30-18)19(28)29-7-2;/h15H,6-13H2,1-5H3,(H2,21,22,24);1H. The summed E-state index contributed by atoms with van der Waals surface area (Å²) in [5.74, 6) is 0.540. The van der Waals surface area contributed by atoms with Gasteiger partial charge in [0.2, 0.25) is 5.91 Å². The molecule has 1 amide bonds. The summed E-state index contributed by atoms with van der Waals surface area (Å²) in [7, 11) is 0. The Morgan fingerprint density at radius 3 is 2.52 bits per heavy atom. The van der Waals surface area contributed by atoms with Crippen molar-refractivity contribution in [2.24, 2.45) is 4.99 Å². The van der Waals surface area contributed by atoms with Crippen LogP contribution >= 0.6 is 35.3 Å². The third-order valence-corrected chi connectivity index (χ3v) is 6.17. The number of rotatable bonds is 8. The van der Waals surface area contributed by atoms with E-state index < -0.39 is 0 Å². The van der Waals surface area contributed by atoms with Crippen LogP contribution in [0.15, 0.2) is 4.99 Å². The van der Waals surface area contributed by atoms with Gasteiger partial charge in [-0.2, -0.15) is 0 Å². The number of esters is 1. The van der Waals surface area contributed by atoms with Gasteiger partial charge in [-0.05, 0) is 27.7 Å². The lowest BCUT2D eigenvalue weighted by Crippen LogP contribution is -2.48. The molecule has 2 rings (SSSR count). The van der Waals surface area contributed by atoms with Crippen LogP contribution in [0, 0.1) is 6.92 Å². The number of nitrogens with one attached hydrogen (secondary N) is 2. The van der Waals surface area contributed by atoms with Crippen molar-refractivity contribution in [3.63, 3.8) is 0 Å². The first-order chi connectivity index (χ1) is 14.3. The molecule has 0 bridgehead atoms. The summed E-state index contributed by atoms with van der Waals surface area (Å²) < 4.78 is 5.10. The van der Waals surface area contributed by atoms with Crippen LogP contribution in [0.25, 0.3) is 0 Å². The maximum Gasteiger partial charge on any atom is 0.350 e. The SMILES string of the molecule is CCNC(=NCCN1CCN(C(C)=O)CC1)NC(C)c1nc(C)c(C(=O)OCC)s1.I. The van der Waals surface area contributed by atoms with E-state index in [1.54, 1.807) is 13.8 Å². The van der Waals surface area contributed by atoms with Crippen LogP contribution < -0.4 is 10.6 Å². The van der Waals surface area contributed by atoms with Crippen molar-refractivity contribution in [3.8, 4) is 0 Å². The van der Waals surface area contributed by atoms with E-state index in [2.05, 4.69) is 25.5 Å². The van der Waals surface area contributed by atoms with Crippen molar-refractivity contribution < 1.29 is 14.3 Å². The Morgan fingerprint density at radius 2 is 1.94 bits per heavy atom. The van der Waals surface area contributed by atoms with Gasteiger partial charge in [0, 0.05) is 46.2 Å². The molecule has 1 saturated heterocycles. The molecule has 1 atom stereocenters. The van der Waals surface area contributed by atoms with E-state index in [9.17, 15) is 9.59 Å². The van der Waals surface area contributed by atoms with Crippen LogP contribution in [0.4, 0.5) is 0 Å². The molecule has 0 spiro atoms. The number of thiazole rings is 1. The van der Waals surface area contributed by atoms with E-state index in [1.807, 2.05) is 25.7 Å². The van der Waals surface area contributed by atoms with Gasteiger partial charge in [-0.1, -0.05) is 0 Å². The largest absolute Gasteiger partial charge is 0.462 e. The molecule has 0 aliphatic carbocycles. The number of hydrogen-bond donors (Lipinski definition) is 2. The highest BCUT2D eigenvalue weighted by Gasteiger charge is 2.20. The van der Waals surface area contributed by atoms with Crippen LogP contribution in [0.2, 0.25) is 0 Å². The van der Waals surface area contributed by atoms with Crippen LogP contribution in [0.5, 0.6) is 0 Å². The number of guanidine groups is 1. The number of nitrogens with zero attached hydrogens (tertiary/aromatic N) is 4. The van der Waals surface area contributed by atoms with Gasteiger partial charge >= 0.3 is 5.97 Å². The molecule has 1 aromatic rings. The number of aryl methyl sites for hydroxylation is 1. The third kappa shape index (κ3) is 8.53. The second-order valence-corrected chi connectivity index (χ2v) is 8.19. The summed E-state index contributed by atoms with van der Waals surface area (Å²) >= 11 is 1.35. The Hall–Kier alpha value is -1.47. The summed E-state index contributed by atoms with van der Waals surface area (Å²) in [6.45, 7) is 15.2. The van der Waals surface area contributed by atoms with Crippen LogP contribution in [0.1, 0.15) is 54.1 Å². The van der Waals surface area contributed by atoms with Crippen LogP contribution in [-0.2, 0) is 9.53 Å². The molecule has 1 aliphatic rings. The highest BCUT2D eigenvalue weighted by molar-refractivity contribution is 14.0. The molecule has 0 saturated carbocycles. The van der Waals surface area contributed by atoms with Crippen LogP contribution in [0.3, 0.4) is 0 Å². The van der Waals surface area contributed by atoms with E-state index in [4.69, 9.17) is 4.74 Å². The van der Waals surface area contributed by atoms with Crippen molar-refractivity contribution in [2.45, 2.75) is 40.7 Å². The van der Waals surface area contributed by atoms with E-state index >= 15 is 0 Å². The molecule has 0 radical (unpaired) electrons. The Labute approximate surface area is 206 Å². The zero-order chi connectivity index (χ0) is 22.1. The van der Waals surface area contributed by atoms with Gasteiger partial charge in [0.05, 0.1) is 24.9 Å². The number of carbonyl (C=O) groups is 2. The van der Waals surface area contributed by atoms with E-state index in [0.29, 0.717) is 23.7 Å². The highest BCUT2D eigenvalue weighted by atomic mass is 127. The minimum Gasteiger partial charge on any atom is -0.462 e. The normalized spacial score (nSPS) is 15.8. The Morgan fingerprint density at radius 1 is 1.26 bits per heavy atom. The first kappa shape index (κ1) is 27.6. The molecule has 9 nitrogen and oxygen atoms in total. The number of amides is 1. The molecule has 176 valence electrons. The van der Waals surface area contributed by atoms with E-state index in [1.165, 1.54) is 11.3 Å². The van der Waals surface area contributed by atoms with E-state index in [0.717, 1.165) is 50.2 Å². The predicted molar refractivity (Wildman–Crippen MR) is 134 cm³/mol. The summed E-state index contributed by atoms with van der Waals surface area (Å²) in [6.07, 6.45) is 0. The van der Waals surface area contributed by atoms with E-state index in [-0.39, 0.29) is 41.9 Å². The van der Waals surface area contributed by atoms with Gasteiger partial charge in [0.1, 0.15) is 9.88 Å². The third-order valence-electron chi connectivity index (χ3n) is 4.85. The Balaban J connectivity index is 0.00000480. The molecule has 2 heterocycles. The number of aromatic nitrogens is 1. The summed E-state index contributed by atoms with van der Waals surface area (Å²) in [5.41, 5.74) is 0.689.